The summed E-state index contributed by atoms with van der Waals surface area (Å²) in [6.07, 6.45) is 1.91. The Balaban J connectivity index is 2.40. The minimum absolute atomic E-state index is 0.105. The van der Waals surface area contributed by atoms with E-state index in [0.717, 1.165) is 12.0 Å². The lowest BCUT2D eigenvalue weighted by molar-refractivity contribution is -0.130. The van der Waals surface area contributed by atoms with E-state index in [-0.39, 0.29) is 12.5 Å². The van der Waals surface area contributed by atoms with Gasteiger partial charge in [-0.25, -0.2) is 0 Å². The van der Waals surface area contributed by atoms with Crippen LogP contribution in [0, 0.1) is 0 Å². The minimum Gasteiger partial charge on any atom is -0.396 e. The minimum atomic E-state index is 0.105. The Morgan fingerprint density at radius 1 is 1.29 bits per heavy atom. The Morgan fingerprint density at radius 2 is 1.94 bits per heavy atom. The molecule has 0 saturated heterocycles. The SMILES string of the molecule is CN(Cc1ccc(Cl)cc1)C(=O)CCCCO. The van der Waals surface area contributed by atoms with Crippen LogP contribution in [0.3, 0.4) is 0 Å². The van der Waals surface area contributed by atoms with Crippen molar-refractivity contribution >= 4 is 17.5 Å². The lowest BCUT2D eigenvalue weighted by Crippen LogP contribution is -2.25. The van der Waals surface area contributed by atoms with Crippen molar-refractivity contribution in [2.24, 2.45) is 0 Å². The fraction of sp³-hybridized carbons (Fsp3) is 0.462. The summed E-state index contributed by atoms with van der Waals surface area (Å²) in [6.45, 7) is 0.739. The topological polar surface area (TPSA) is 40.5 Å². The number of aliphatic hydroxyl groups is 1. The quantitative estimate of drug-likeness (QED) is 0.794. The third kappa shape index (κ3) is 5.20. The van der Waals surface area contributed by atoms with E-state index in [1.54, 1.807) is 11.9 Å². The maximum absolute atomic E-state index is 11.7. The second kappa shape index (κ2) is 7.30. The zero-order valence-electron chi connectivity index (χ0n) is 10.0. The molecule has 1 amide bonds. The number of amides is 1. The van der Waals surface area contributed by atoms with Crippen LogP contribution in [0.25, 0.3) is 0 Å². The summed E-state index contributed by atoms with van der Waals surface area (Å²) >= 11 is 5.79. The largest absolute Gasteiger partial charge is 0.396 e. The Morgan fingerprint density at radius 3 is 2.53 bits per heavy atom. The third-order valence-corrected chi connectivity index (χ3v) is 2.81. The molecular formula is C13H18ClNO2. The van der Waals surface area contributed by atoms with Gasteiger partial charge in [0.25, 0.3) is 0 Å². The molecule has 0 atom stereocenters. The van der Waals surface area contributed by atoms with E-state index < -0.39 is 0 Å². The van der Waals surface area contributed by atoms with Crippen molar-refractivity contribution in [2.75, 3.05) is 13.7 Å². The normalized spacial score (nSPS) is 10.3. The van der Waals surface area contributed by atoms with Crippen LogP contribution in [-0.2, 0) is 11.3 Å². The first-order valence-electron chi connectivity index (χ1n) is 5.72. The van der Waals surface area contributed by atoms with Crippen molar-refractivity contribution in [2.45, 2.75) is 25.8 Å². The smallest absolute Gasteiger partial charge is 0.222 e. The number of hydrogen-bond donors (Lipinski definition) is 1. The van der Waals surface area contributed by atoms with E-state index >= 15 is 0 Å². The molecule has 0 aromatic heterocycles. The van der Waals surface area contributed by atoms with Gasteiger partial charge in [0.15, 0.2) is 0 Å². The second-order valence-corrected chi connectivity index (χ2v) is 4.49. The molecule has 0 radical (unpaired) electrons. The van der Waals surface area contributed by atoms with Crippen molar-refractivity contribution in [3.63, 3.8) is 0 Å². The highest BCUT2D eigenvalue weighted by Gasteiger charge is 2.08. The summed E-state index contributed by atoms with van der Waals surface area (Å²) in [4.78, 5) is 13.4. The van der Waals surface area contributed by atoms with Crippen LogP contribution >= 0.6 is 11.6 Å². The van der Waals surface area contributed by atoms with E-state index in [2.05, 4.69) is 0 Å². The number of nitrogens with zero attached hydrogens (tertiary/aromatic N) is 1. The number of carbonyl (C=O) groups excluding carboxylic acids is 1. The molecule has 0 unspecified atom stereocenters. The van der Waals surface area contributed by atoms with Crippen LogP contribution in [0.1, 0.15) is 24.8 Å². The highest BCUT2D eigenvalue weighted by atomic mass is 35.5. The summed E-state index contributed by atoms with van der Waals surface area (Å²) in [5.41, 5.74) is 1.06. The van der Waals surface area contributed by atoms with Crippen molar-refractivity contribution in [3.05, 3.63) is 34.9 Å². The van der Waals surface area contributed by atoms with E-state index in [1.165, 1.54) is 0 Å². The molecule has 1 aromatic carbocycles. The first-order chi connectivity index (χ1) is 8.13. The first kappa shape index (κ1) is 14.0. The summed E-state index contributed by atoms with van der Waals surface area (Å²) in [5.74, 6) is 0.105. The lowest BCUT2D eigenvalue weighted by atomic mass is 10.2. The number of benzene rings is 1. The maximum Gasteiger partial charge on any atom is 0.222 e. The molecule has 1 aromatic rings. The Hall–Kier alpha value is -1.06. The van der Waals surface area contributed by atoms with Crippen LogP contribution < -0.4 is 0 Å². The molecule has 4 heteroatoms. The zero-order valence-corrected chi connectivity index (χ0v) is 10.8. The van der Waals surface area contributed by atoms with E-state index in [1.807, 2.05) is 24.3 Å². The number of unbranched alkanes of at least 4 members (excludes halogenated alkanes) is 1. The molecule has 1 rings (SSSR count). The summed E-state index contributed by atoms with van der Waals surface area (Å²) < 4.78 is 0. The number of carbonyl (C=O) groups is 1. The van der Waals surface area contributed by atoms with Crippen LogP contribution in [0.15, 0.2) is 24.3 Å². The van der Waals surface area contributed by atoms with Crippen LogP contribution in [0.2, 0.25) is 5.02 Å². The predicted molar refractivity (Wildman–Crippen MR) is 68.9 cm³/mol. The molecule has 17 heavy (non-hydrogen) atoms. The molecule has 0 aliphatic rings. The van der Waals surface area contributed by atoms with Gasteiger partial charge in [-0.3, -0.25) is 4.79 Å². The maximum atomic E-state index is 11.7. The summed E-state index contributed by atoms with van der Waals surface area (Å²) in [7, 11) is 1.79. The molecule has 0 fully saturated rings. The van der Waals surface area contributed by atoms with Crippen molar-refractivity contribution in [3.8, 4) is 0 Å². The van der Waals surface area contributed by atoms with E-state index in [0.29, 0.717) is 24.4 Å². The molecule has 3 nitrogen and oxygen atoms in total. The first-order valence-corrected chi connectivity index (χ1v) is 6.10. The highest BCUT2D eigenvalue weighted by molar-refractivity contribution is 6.30. The van der Waals surface area contributed by atoms with Crippen LogP contribution in [0.5, 0.6) is 0 Å². The molecular weight excluding hydrogens is 238 g/mol. The van der Waals surface area contributed by atoms with Crippen LogP contribution in [-0.4, -0.2) is 29.6 Å². The molecule has 0 heterocycles. The Labute approximate surface area is 107 Å². The van der Waals surface area contributed by atoms with Gasteiger partial charge in [0.2, 0.25) is 5.91 Å². The molecule has 0 bridgehead atoms. The van der Waals surface area contributed by atoms with Crippen LogP contribution in [0.4, 0.5) is 0 Å². The Bertz CT molecular complexity index is 351. The highest BCUT2D eigenvalue weighted by Crippen LogP contribution is 2.11. The van der Waals surface area contributed by atoms with Gasteiger partial charge in [0.05, 0.1) is 0 Å². The number of halogens is 1. The van der Waals surface area contributed by atoms with Gasteiger partial charge in [-0.2, -0.15) is 0 Å². The second-order valence-electron chi connectivity index (χ2n) is 4.06. The summed E-state index contributed by atoms with van der Waals surface area (Å²) in [5, 5.41) is 9.34. The molecule has 0 spiro atoms. The van der Waals surface area contributed by atoms with E-state index in [4.69, 9.17) is 16.7 Å². The Kier molecular flexibility index (Phi) is 6.01. The van der Waals surface area contributed by atoms with Gasteiger partial charge in [-0.05, 0) is 30.5 Å². The average molecular weight is 256 g/mol. The molecule has 0 saturated carbocycles. The number of rotatable bonds is 6. The fourth-order valence-corrected chi connectivity index (χ4v) is 1.66. The van der Waals surface area contributed by atoms with Gasteiger partial charge in [-0.15, -0.1) is 0 Å². The monoisotopic (exact) mass is 255 g/mol. The van der Waals surface area contributed by atoms with Gasteiger partial charge in [-0.1, -0.05) is 23.7 Å². The van der Waals surface area contributed by atoms with Crippen molar-refractivity contribution < 1.29 is 9.90 Å². The number of hydrogen-bond acceptors (Lipinski definition) is 2. The van der Waals surface area contributed by atoms with Crippen molar-refractivity contribution in [1.82, 2.24) is 4.90 Å². The lowest BCUT2D eigenvalue weighted by Gasteiger charge is -2.17. The zero-order chi connectivity index (χ0) is 12.7. The fourth-order valence-electron chi connectivity index (χ4n) is 1.53. The predicted octanol–water partition coefficient (Wildman–Crippen LogP) is 2.46. The van der Waals surface area contributed by atoms with Gasteiger partial charge < -0.3 is 10.0 Å². The van der Waals surface area contributed by atoms with Gasteiger partial charge in [0.1, 0.15) is 0 Å². The van der Waals surface area contributed by atoms with Gasteiger partial charge in [0, 0.05) is 31.6 Å². The van der Waals surface area contributed by atoms with Crippen molar-refractivity contribution in [1.29, 1.82) is 0 Å². The third-order valence-electron chi connectivity index (χ3n) is 2.56. The molecule has 1 N–H and O–H groups in total. The standard InChI is InChI=1S/C13H18ClNO2/c1-15(13(17)4-2-3-9-16)10-11-5-7-12(14)8-6-11/h5-8,16H,2-4,9-10H2,1H3. The van der Waals surface area contributed by atoms with Gasteiger partial charge >= 0.3 is 0 Å². The average Bonchev–Trinajstić information content (AvgIpc) is 2.32. The molecule has 94 valence electrons. The molecule has 0 aliphatic carbocycles. The number of aliphatic hydroxyl groups excluding tert-OH is 1. The molecule has 0 aliphatic heterocycles. The van der Waals surface area contributed by atoms with E-state index in [9.17, 15) is 4.79 Å². The summed E-state index contributed by atoms with van der Waals surface area (Å²) in [6, 6.07) is 7.47.